The zero-order chi connectivity index (χ0) is 21.2. The zero-order valence-corrected chi connectivity index (χ0v) is 20.0. The molecule has 1 unspecified atom stereocenters. The van der Waals surface area contributed by atoms with Crippen molar-refractivity contribution < 1.29 is 4.74 Å². The van der Waals surface area contributed by atoms with Crippen molar-refractivity contribution >= 4 is 17.3 Å². The van der Waals surface area contributed by atoms with E-state index in [-0.39, 0.29) is 0 Å². The number of hydrogen-bond acceptors (Lipinski definition) is 5. The third-order valence-corrected chi connectivity index (χ3v) is 6.58. The van der Waals surface area contributed by atoms with Gasteiger partial charge in [-0.3, -0.25) is 14.8 Å². The minimum Gasteiger partial charge on any atom is -0.379 e. The Bertz CT molecular complexity index is 602. The molecule has 2 heterocycles. The largest absolute Gasteiger partial charge is 0.379 e. The molecule has 0 aromatic carbocycles. The molecule has 0 bridgehead atoms. The lowest BCUT2D eigenvalue weighted by Crippen LogP contribution is -2.46. The Hall–Kier alpha value is -1.15. The van der Waals surface area contributed by atoms with Gasteiger partial charge in [0.25, 0.3) is 0 Å². The fourth-order valence-corrected chi connectivity index (χ4v) is 4.94. The monoisotopic (exact) mass is 423 g/mol. The third kappa shape index (κ3) is 7.89. The van der Waals surface area contributed by atoms with Gasteiger partial charge in [-0.25, -0.2) is 0 Å². The molecule has 1 aromatic heterocycles. The molecule has 2 N–H and O–H groups in total. The smallest absolute Gasteiger partial charge is 0.191 e. The highest BCUT2D eigenvalue weighted by molar-refractivity contribution is 7.12. The Labute approximate surface area is 181 Å². The molecule has 1 aliphatic rings. The van der Waals surface area contributed by atoms with Crippen LogP contribution in [0.2, 0.25) is 0 Å². The zero-order valence-electron chi connectivity index (χ0n) is 19.2. The van der Waals surface area contributed by atoms with Gasteiger partial charge in [-0.1, -0.05) is 0 Å². The minimum atomic E-state index is 0.355. The SMILES string of the molecule is CN=C(NCCCN(C(C)C)C(C)C)NCC(c1ccc(C)s1)N1CCOCC1. The normalized spacial score (nSPS) is 17.3. The average Bonchev–Trinajstić information content (AvgIpc) is 3.12. The highest BCUT2D eigenvalue weighted by Gasteiger charge is 2.24. The van der Waals surface area contributed by atoms with Gasteiger partial charge in [0, 0.05) is 61.6 Å². The molecule has 7 heteroatoms. The number of aliphatic imine (C=N–C) groups is 1. The molecule has 2 rings (SSSR count). The van der Waals surface area contributed by atoms with E-state index in [1.165, 1.54) is 9.75 Å². The first-order valence-electron chi connectivity index (χ1n) is 11.0. The maximum absolute atomic E-state index is 5.56. The molecule has 0 spiro atoms. The molecule has 1 aromatic rings. The summed E-state index contributed by atoms with van der Waals surface area (Å²) in [6.45, 7) is 17.7. The quantitative estimate of drug-likeness (QED) is 0.344. The van der Waals surface area contributed by atoms with Crippen LogP contribution < -0.4 is 10.6 Å². The minimum absolute atomic E-state index is 0.355. The first-order valence-corrected chi connectivity index (χ1v) is 11.8. The van der Waals surface area contributed by atoms with Crippen LogP contribution in [0, 0.1) is 6.92 Å². The van der Waals surface area contributed by atoms with E-state index in [4.69, 9.17) is 4.74 Å². The summed E-state index contributed by atoms with van der Waals surface area (Å²) in [5.74, 6) is 0.886. The van der Waals surface area contributed by atoms with Crippen molar-refractivity contribution in [2.24, 2.45) is 4.99 Å². The standard InChI is InChI=1S/C22H41N5OS/c1-17(2)27(18(3)4)11-7-10-24-22(23-6)25-16-20(21-9-8-19(5)29-21)26-12-14-28-15-13-26/h8-9,17-18,20H,7,10-16H2,1-6H3,(H2,23,24,25). The van der Waals surface area contributed by atoms with Crippen LogP contribution in [0.1, 0.15) is 49.9 Å². The predicted molar refractivity (Wildman–Crippen MR) is 125 cm³/mol. The van der Waals surface area contributed by atoms with Gasteiger partial charge < -0.3 is 15.4 Å². The lowest BCUT2D eigenvalue weighted by molar-refractivity contribution is 0.0177. The molecular weight excluding hydrogens is 382 g/mol. The molecule has 0 aliphatic carbocycles. The second kappa shape index (κ2) is 12.5. The number of morpholine rings is 1. The van der Waals surface area contributed by atoms with Crippen LogP contribution in [0.4, 0.5) is 0 Å². The van der Waals surface area contributed by atoms with Gasteiger partial charge in [-0.05, 0) is 53.2 Å². The first-order chi connectivity index (χ1) is 13.9. The number of aryl methyl sites for hydroxylation is 1. The molecule has 1 atom stereocenters. The number of ether oxygens (including phenoxy) is 1. The summed E-state index contributed by atoms with van der Waals surface area (Å²) in [5.41, 5.74) is 0. The summed E-state index contributed by atoms with van der Waals surface area (Å²) in [7, 11) is 1.85. The van der Waals surface area contributed by atoms with Gasteiger partial charge >= 0.3 is 0 Å². The van der Waals surface area contributed by atoms with Crippen molar-refractivity contribution in [3.63, 3.8) is 0 Å². The molecule has 1 aliphatic heterocycles. The molecule has 0 saturated carbocycles. The van der Waals surface area contributed by atoms with Crippen molar-refractivity contribution in [1.29, 1.82) is 0 Å². The maximum Gasteiger partial charge on any atom is 0.191 e. The molecular formula is C22H41N5OS. The Kier molecular flexibility index (Phi) is 10.4. The Morgan fingerprint density at radius 3 is 2.41 bits per heavy atom. The molecule has 166 valence electrons. The highest BCUT2D eigenvalue weighted by Crippen LogP contribution is 2.27. The van der Waals surface area contributed by atoms with Crippen LogP contribution in [-0.2, 0) is 4.74 Å². The molecule has 1 fully saturated rings. The van der Waals surface area contributed by atoms with Crippen LogP contribution in [0.3, 0.4) is 0 Å². The Balaban J connectivity index is 1.84. The second-order valence-electron chi connectivity index (χ2n) is 8.27. The Morgan fingerprint density at radius 2 is 1.86 bits per heavy atom. The van der Waals surface area contributed by atoms with Crippen LogP contribution in [0.5, 0.6) is 0 Å². The van der Waals surface area contributed by atoms with Gasteiger partial charge in [0.15, 0.2) is 5.96 Å². The summed E-state index contributed by atoms with van der Waals surface area (Å²) in [5, 5.41) is 7.05. The van der Waals surface area contributed by atoms with Crippen molar-refractivity contribution in [3.05, 3.63) is 21.9 Å². The van der Waals surface area contributed by atoms with E-state index >= 15 is 0 Å². The van der Waals surface area contributed by atoms with Gasteiger partial charge in [-0.15, -0.1) is 11.3 Å². The molecule has 1 saturated heterocycles. The number of hydrogen-bond donors (Lipinski definition) is 2. The highest BCUT2D eigenvalue weighted by atomic mass is 32.1. The van der Waals surface area contributed by atoms with Gasteiger partial charge in [0.2, 0.25) is 0 Å². The molecule has 6 nitrogen and oxygen atoms in total. The van der Waals surface area contributed by atoms with E-state index in [1.54, 1.807) is 0 Å². The van der Waals surface area contributed by atoms with Crippen molar-refractivity contribution in [2.75, 3.05) is 53.0 Å². The third-order valence-electron chi connectivity index (χ3n) is 5.47. The van der Waals surface area contributed by atoms with E-state index in [0.29, 0.717) is 18.1 Å². The molecule has 0 amide bonds. The van der Waals surface area contributed by atoms with Crippen LogP contribution in [0.15, 0.2) is 17.1 Å². The summed E-state index contributed by atoms with van der Waals surface area (Å²) in [6.07, 6.45) is 1.11. The maximum atomic E-state index is 5.56. The van der Waals surface area contributed by atoms with Crippen LogP contribution in [-0.4, -0.2) is 80.8 Å². The number of nitrogens with one attached hydrogen (secondary N) is 2. The van der Waals surface area contributed by atoms with E-state index in [0.717, 1.165) is 58.3 Å². The van der Waals surface area contributed by atoms with Crippen molar-refractivity contribution in [3.8, 4) is 0 Å². The molecule has 29 heavy (non-hydrogen) atoms. The van der Waals surface area contributed by atoms with E-state index in [1.807, 2.05) is 18.4 Å². The molecule has 0 radical (unpaired) electrons. The van der Waals surface area contributed by atoms with Gasteiger partial charge in [-0.2, -0.15) is 0 Å². The number of thiophene rings is 1. The average molecular weight is 424 g/mol. The summed E-state index contributed by atoms with van der Waals surface area (Å²) >= 11 is 1.89. The predicted octanol–water partition coefficient (Wildman–Crippen LogP) is 3.10. The van der Waals surface area contributed by atoms with Crippen LogP contribution in [0.25, 0.3) is 0 Å². The first kappa shape index (κ1) is 24.1. The summed E-state index contributed by atoms with van der Waals surface area (Å²) in [4.78, 5) is 12.3. The van der Waals surface area contributed by atoms with Gasteiger partial charge in [0.05, 0.1) is 19.3 Å². The lowest BCUT2D eigenvalue weighted by atomic mass is 10.2. The summed E-state index contributed by atoms with van der Waals surface area (Å²) < 4.78 is 5.56. The fraction of sp³-hybridized carbons (Fsp3) is 0.773. The lowest BCUT2D eigenvalue weighted by Gasteiger charge is -2.34. The van der Waals surface area contributed by atoms with E-state index in [2.05, 4.69) is 72.2 Å². The second-order valence-corrected chi connectivity index (χ2v) is 9.59. The van der Waals surface area contributed by atoms with Crippen molar-refractivity contribution in [2.45, 2.75) is 59.2 Å². The summed E-state index contributed by atoms with van der Waals surface area (Å²) in [6, 6.07) is 6.00. The topological polar surface area (TPSA) is 52.1 Å². The number of rotatable bonds is 10. The van der Waals surface area contributed by atoms with Gasteiger partial charge in [0.1, 0.15) is 0 Å². The van der Waals surface area contributed by atoms with E-state index < -0.39 is 0 Å². The number of nitrogens with zero attached hydrogens (tertiary/aromatic N) is 3. The fourth-order valence-electron chi connectivity index (χ4n) is 3.93. The van der Waals surface area contributed by atoms with Crippen molar-refractivity contribution in [1.82, 2.24) is 20.4 Å². The van der Waals surface area contributed by atoms with Crippen LogP contribution >= 0.6 is 11.3 Å². The number of guanidine groups is 1. The van der Waals surface area contributed by atoms with E-state index in [9.17, 15) is 0 Å². The Morgan fingerprint density at radius 1 is 1.17 bits per heavy atom.